The van der Waals surface area contributed by atoms with Crippen molar-refractivity contribution in [2.45, 2.75) is 25.3 Å². The first-order valence-electron chi connectivity index (χ1n) is 5.74. The second kappa shape index (κ2) is 5.13. The first kappa shape index (κ1) is 11.8. The lowest BCUT2D eigenvalue weighted by molar-refractivity contribution is 0.253. The third-order valence-electron chi connectivity index (χ3n) is 3.30. The molecule has 0 amide bonds. The van der Waals surface area contributed by atoms with Crippen LogP contribution in [0.2, 0.25) is 5.15 Å². The number of hydrogen-bond donors (Lipinski definition) is 1. The van der Waals surface area contributed by atoms with Gasteiger partial charge in [-0.3, -0.25) is 0 Å². The fourth-order valence-electron chi connectivity index (χ4n) is 2.16. The molecule has 2 rings (SSSR count). The second-order valence-electron chi connectivity index (χ2n) is 4.47. The Morgan fingerprint density at radius 1 is 1.44 bits per heavy atom. The van der Waals surface area contributed by atoms with Gasteiger partial charge in [0.05, 0.1) is 0 Å². The highest BCUT2D eigenvalue weighted by molar-refractivity contribution is 6.30. The van der Waals surface area contributed by atoms with Crippen LogP contribution in [0, 0.1) is 0 Å². The van der Waals surface area contributed by atoms with Crippen LogP contribution in [0.4, 0.5) is 0 Å². The summed E-state index contributed by atoms with van der Waals surface area (Å²) in [6.07, 6.45) is 2.34. The molecule has 4 heteroatoms. The summed E-state index contributed by atoms with van der Waals surface area (Å²) < 4.78 is 0. The number of nitrogens with two attached hydrogens (primary N) is 1. The Labute approximate surface area is 102 Å². The lowest BCUT2D eigenvalue weighted by Gasteiger charge is -2.28. The summed E-state index contributed by atoms with van der Waals surface area (Å²) in [6, 6.07) is 4.08. The zero-order chi connectivity index (χ0) is 11.5. The van der Waals surface area contributed by atoms with Gasteiger partial charge in [-0.05, 0) is 39.0 Å². The minimum absolute atomic E-state index is 0.458. The van der Waals surface area contributed by atoms with Gasteiger partial charge in [0.25, 0.3) is 0 Å². The second-order valence-corrected chi connectivity index (χ2v) is 4.83. The van der Waals surface area contributed by atoms with Crippen LogP contribution in [0.25, 0.3) is 0 Å². The molecule has 0 radical (unpaired) electrons. The Morgan fingerprint density at radius 2 is 2.12 bits per heavy atom. The van der Waals surface area contributed by atoms with Crippen molar-refractivity contribution in [2.24, 2.45) is 5.73 Å². The number of nitrogens with zero attached hydrogens (tertiary/aromatic N) is 2. The van der Waals surface area contributed by atoms with E-state index in [2.05, 4.69) is 23.0 Å². The Kier molecular flexibility index (Phi) is 3.79. The van der Waals surface area contributed by atoms with Crippen LogP contribution in [0.1, 0.15) is 30.0 Å². The lowest BCUT2D eigenvalue weighted by Crippen LogP contribution is -2.29. The van der Waals surface area contributed by atoms with E-state index in [0.29, 0.717) is 17.6 Å². The molecule has 1 saturated heterocycles. The fraction of sp³-hybridized carbons (Fsp3) is 0.583. The van der Waals surface area contributed by atoms with Gasteiger partial charge < -0.3 is 10.6 Å². The molecule has 1 aliphatic heterocycles. The van der Waals surface area contributed by atoms with Crippen LogP contribution in [-0.4, -0.2) is 30.0 Å². The highest BCUT2D eigenvalue weighted by Crippen LogP contribution is 2.27. The van der Waals surface area contributed by atoms with E-state index < -0.39 is 0 Å². The SMILES string of the molecule is CN1CCC(c2ccc(CN)c(Cl)n2)CC1. The number of halogens is 1. The average Bonchev–Trinajstić information content (AvgIpc) is 2.30. The zero-order valence-electron chi connectivity index (χ0n) is 9.62. The number of hydrogen-bond acceptors (Lipinski definition) is 3. The number of pyridine rings is 1. The molecule has 0 saturated carbocycles. The van der Waals surface area contributed by atoms with Gasteiger partial charge >= 0.3 is 0 Å². The maximum Gasteiger partial charge on any atom is 0.133 e. The van der Waals surface area contributed by atoms with E-state index in [-0.39, 0.29) is 0 Å². The molecular weight excluding hydrogens is 222 g/mol. The third kappa shape index (κ3) is 2.54. The predicted octanol–water partition coefficient (Wildman–Crippen LogP) is 2.00. The van der Waals surface area contributed by atoms with Gasteiger partial charge in [0.15, 0.2) is 0 Å². The first-order valence-corrected chi connectivity index (χ1v) is 6.12. The molecule has 88 valence electrons. The van der Waals surface area contributed by atoms with Crippen molar-refractivity contribution in [3.63, 3.8) is 0 Å². The van der Waals surface area contributed by atoms with Gasteiger partial charge in [-0.15, -0.1) is 0 Å². The molecule has 3 nitrogen and oxygen atoms in total. The quantitative estimate of drug-likeness (QED) is 0.803. The normalized spacial score (nSPS) is 18.9. The van der Waals surface area contributed by atoms with Gasteiger partial charge in [-0.25, -0.2) is 4.98 Å². The van der Waals surface area contributed by atoms with Crippen LogP contribution in [0.5, 0.6) is 0 Å². The smallest absolute Gasteiger partial charge is 0.133 e. The summed E-state index contributed by atoms with van der Waals surface area (Å²) >= 11 is 6.08. The van der Waals surface area contributed by atoms with E-state index in [4.69, 9.17) is 17.3 Å². The van der Waals surface area contributed by atoms with E-state index in [9.17, 15) is 0 Å². The largest absolute Gasteiger partial charge is 0.326 e. The minimum atomic E-state index is 0.458. The molecule has 0 aliphatic carbocycles. The number of piperidine rings is 1. The average molecular weight is 240 g/mol. The molecule has 1 aromatic heterocycles. The number of rotatable bonds is 2. The van der Waals surface area contributed by atoms with E-state index in [1.165, 1.54) is 12.8 Å². The molecule has 0 bridgehead atoms. The van der Waals surface area contributed by atoms with Gasteiger partial charge in [0.2, 0.25) is 0 Å². The maximum absolute atomic E-state index is 6.08. The topological polar surface area (TPSA) is 42.1 Å². The first-order chi connectivity index (χ1) is 7.70. The summed E-state index contributed by atoms with van der Waals surface area (Å²) in [5, 5.41) is 0.568. The predicted molar refractivity (Wildman–Crippen MR) is 66.6 cm³/mol. The van der Waals surface area contributed by atoms with Gasteiger partial charge in [-0.2, -0.15) is 0 Å². The van der Waals surface area contributed by atoms with E-state index in [1.54, 1.807) is 0 Å². The molecule has 0 unspecified atom stereocenters. The molecule has 2 N–H and O–H groups in total. The number of aromatic nitrogens is 1. The minimum Gasteiger partial charge on any atom is -0.326 e. The molecule has 16 heavy (non-hydrogen) atoms. The summed E-state index contributed by atoms with van der Waals surface area (Å²) in [6.45, 7) is 2.74. The summed E-state index contributed by atoms with van der Waals surface area (Å²) in [4.78, 5) is 6.81. The summed E-state index contributed by atoms with van der Waals surface area (Å²) in [5.74, 6) is 0.556. The van der Waals surface area contributed by atoms with Crippen LogP contribution in [0.3, 0.4) is 0 Å². The van der Waals surface area contributed by atoms with E-state index >= 15 is 0 Å². The summed E-state index contributed by atoms with van der Waals surface area (Å²) in [7, 11) is 2.16. The molecule has 1 fully saturated rings. The summed E-state index contributed by atoms with van der Waals surface area (Å²) in [5.41, 5.74) is 7.62. The van der Waals surface area contributed by atoms with Gasteiger partial charge in [0, 0.05) is 23.7 Å². The van der Waals surface area contributed by atoms with E-state index in [1.807, 2.05) is 6.07 Å². The Balaban J connectivity index is 2.12. The van der Waals surface area contributed by atoms with Crippen molar-refractivity contribution in [1.82, 2.24) is 9.88 Å². The third-order valence-corrected chi connectivity index (χ3v) is 3.63. The van der Waals surface area contributed by atoms with Gasteiger partial charge in [-0.1, -0.05) is 17.7 Å². The molecule has 1 aliphatic rings. The molecule has 2 heterocycles. The van der Waals surface area contributed by atoms with Crippen LogP contribution in [-0.2, 0) is 6.54 Å². The molecule has 0 spiro atoms. The maximum atomic E-state index is 6.08. The molecule has 0 atom stereocenters. The molecule has 0 aromatic carbocycles. The van der Waals surface area contributed by atoms with E-state index in [0.717, 1.165) is 24.3 Å². The lowest BCUT2D eigenvalue weighted by atomic mass is 9.93. The highest BCUT2D eigenvalue weighted by Gasteiger charge is 2.19. The Hall–Kier alpha value is -0.640. The molecular formula is C12H18ClN3. The van der Waals surface area contributed by atoms with Crippen molar-refractivity contribution in [2.75, 3.05) is 20.1 Å². The number of likely N-dealkylation sites (tertiary alicyclic amines) is 1. The standard InChI is InChI=1S/C12H18ClN3/c1-16-6-4-9(5-7-16)11-3-2-10(8-14)12(13)15-11/h2-3,9H,4-8,14H2,1H3. The Bertz CT molecular complexity index is 359. The van der Waals surface area contributed by atoms with Crippen molar-refractivity contribution in [1.29, 1.82) is 0 Å². The van der Waals surface area contributed by atoms with Crippen molar-refractivity contribution < 1.29 is 0 Å². The Morgan fingerprint density at radius 3 is 2.69 bits per heavy atom. The fourth-order valence-corrected chi connectivity index (χ4v) is 2.40. The molecule has 1 aromatic rings. The van der Waals surface area contributed by atoms with Crippen molar-refractivity contribution in [3.05, 3.63) is 28.5 Å². The van der Waals surface area contributed by atoms with Crippen LogP contribution >= 0.6 is 11.6 Å². The zero-order valence-corrected chi connectivity index (χ0v) is 10.4. The van der Waals surface area contributed by atoms with Crippen molar-refractivity contribution >= 4 is 11.6 Å². The van der Waals surface area contributed by atoms with Crippen molar-refractivity contribution in [3.8, 4) is 0 Å². The van der Waals surface area contributed by atoms with Crippen LogP contribution < -0.4 is 5.73 Å². The van der Waals surface area contributed by atoms with Crippen LogP contribution in [0.15, 0.2) is 12.1 Å². The van der Waals surface area contributed by atoms with Gasteiger partial charge in [0.1, 0.15) is 5.15 Å². The highest BCUT2D eigenvalue weighted by atomic mass is 35.5. The monoisotopic (exact) mass is 239 g/mol.